The molecule has 0 radical (unpaired) electrons. The van der Waals surface area contributed by atoms with E-state index in [0.29, 0.717) is 5.92 Å². The van der Waals surface area contributed by atoms with Gasteiger partial charge >= 0.3 is 0 Å². The van der Waals surface area contributed by atoms with Crippen molar-refractivity contribution in [1.29, 1.82) is 0 Å². The zero-order valence-electron chi connectivity index (χ0n) is 9.00. The van der Waals surface area contributed by atoms with Gasteiger partial charge in [0, 0.05) is 5.92 Å². The van der Waals surface area contributed by atoms with Crippen molar-refractivity contribution in [2.24, 2.45) is 5.41 Å². The molecule has 0 aliphatic heterocycles. The lowest BCUT2D eigenvalue weighted by Crippen LogP contribution is -2.19. The summed E-state index contributed by atoms with van der Waals surface area (Å²) in [4.78, 5) is 12.1. The van der Waals surface area contributed by atoms with Crippen LogP contribution in [-0.2, 0) is 0 Å². The number of nitrogen functional groups attached to an aromatic ring is 1. The van der Waals surface area contributed by atoms with Gasteiger partial charge in [0.25, 0.3) is 0 Å². The Morgan fingerprint density at radius 2 is 2.07 bits per heavy atom. The number of hydrogen-bond donors (Lipinski definition) is 1. The van der Waals surface area contributed by atoms with E-state index in [4.69, 9.17) is 17.3 Å². The van der Waals surface area contributed by atoms with Crippen LogP contribution in [0.1, 0.15) is 44.9 Å². The molecule has 82 valence electrons. The molecule has 5 heteroatoms. The maximum atomic E-state index is 5.78. The first-order valence-electron chi connectivity index (χ1n) is 5.16. The fraction of sp³-hybridized carbons (Fsp3) is 0.700. The molecule has 1 saturated carbocycles. The van der Waals surface area contributed by atoms with Gasteiger partial charge in [0.1, 0.15) is 5.82 Å². The number of aromatic nitrogens is 3. The van der Waals surface area contributed by atoms with Crippen LogP contribution >= 0.6 is 11.6 Å². The first-order chi connectivity index (χ1) is 6.99. The molecule has 2 N–H and O–H groups in total. The maximum absolute atomic E-state index is 5.78. The molecule has 0 aromatic carbocycles. The lowest BCUT2D eigenvalue weighted by Gasteiger charge is -2.25. The van der Waals surface area contributed by atoms with E-state index in [9.17, 15) is 0 Å². The van der Waals surface area contributed by atoms with Gasteiger partial charge in [0.15, 0.2) is 0 Å². The predicted molar refractivity (Wildman–Crippen MR) is 59.6 cm³/mol. The fourth-order valence-corrected chi connectivity index (χ4v) is 2.52. The summed E-state index contributed by atoms with van der Waals surface area (Å²) in [6.07, 6.45) is 3.51. The Bertz CT molecular complexity index is 357. The molecule has 1 aromatic rings. The van der Waals surface area contributed by atoms with Crippen molar-refractivity contribution in [3.8, 4) is 0 Å². The highest BCUT2D eigenvalue weighted by atomic mass is 35.5. The Kier molecular flexibility index (Phi) is 2.54. The van der Waals surface area contributed by atoms with Crippen LogP contribution in [-0.4, -0.2) is 15.0 Å². The maximum Gasteiger partial charge on any atom is 0.227 e. The molecule has 4 nitrogen and oxygen atoms in total. The molecule has 0 saturated heterocycles. The summed E-state index contributed by atoms with van der Waals surface area (Å²) < 4.78 is 0. The fourth-order valence-electron chi connectivity index (χ4n) is 2.34. The molecule has 0 spiro atoms. The topological polar surface area (TPSA) is 64.7 Å². The van der Waals surface area contributed by atoms with Crippen LogP contribution in [0.25, 0.3) is 0 Å². The second-order valence-electron chi connectivity index (χ2n) is 4.75. The summed E-state index contributed by atoms with van der Waals surface area (Å²) in [5, 5.41) is 0.195. The van der Waals surface area contributed by atoms with Gasteiger partial charge in [-0.15, -0.1) is 0 Å². The second kappa shape index (κ2) is 3.59. The van der Waals surface area contributed by atoms with Crippen LogP contribution in [0.4, 0.5) is 5.95 Å². The Morgan fingerprint density at radius 1 is 1.33 bits per heavy atom. The van der Waals surface area contributed by atoms with Crippen molar-refractivity contribution >= 4 is 17.5 Å². The number of nitrogens with zero attached hydrogens (tertiary/aromatic N) is 3. The van der Waals surface area contributed by atoms with E-state index >= 15 is 0 Å². The summed E-state index contributed by atoms with van der Waals surface area (Å²) in [6, 6.07) is 0. The van der Waals surface area contributed by atoms with Gasteiger partial charge < -0.3 is 5.73 Å². The molecule has 0 amide bonds. The van der Waals surface area contributed by atoms with E-state index in [2.05, 4.69) is 28.8 Å². The van der Waals surface area contributed by atoms with Crippen LogP contribution in [0.15, 0.2) is 0 Å². The number of hydrogen-bond acceptors (Lipinski definition) is 4. The lowest BCUT2D eigenvalue weighted by molar-refractivity contribution is 0.322. The molecular weight excluding hydrogens is 212 g/mol. The van der Waals surface area contributed by atoms with Gasteiger partial charge in [-0.2, -0.15) is 9.97 Å². The molecule has 1 fully saturated rings. The first-order valence-corrected chi connectivity index (χ1v) is 5.54. The quantitative estimate of drug-likeness (QED) is 0.799. The minimum absolute atomic E-state index is 0.195. The summed E-state index contributed by atoms with van der Waals surface area (Å²) in [7, 11) is 0. The molecule has 1 aliphatic carbocycles. The monoisotopic (exact) mass is 226 g/mol. The normalized spacial score (nSPS) is 24.3. The molecule has 2 rings (SSSR count). The van der Waals surface area contributed by atoms with Crippen LogP contribution in [0.2, 0.25) is 5.28 Å². The summed E-state index contributed by atoms with van der Waals surface area (Å²) in [5.41, 5.74) is 5.80. The Hall–Kier alpha value is -0.900. The average molecular weight is 227 g/mol. The predicted octanol–water partition coefficient (Wildman–Crippen LogP) is 2.40. The number of halogens is 1. The highest BCUT2D eigenvalue weighted by Crippen LogP contribution is 2.47. The van der Waals surface area contributed by atoms with Gasteiger partial charge in [-0.1, -0.05) is 20.3 Å². The minimum atomic E-state index is 0.195. The van der Waals surface area contributed by atoms with Gasteiger partial charge in [-0.3, -0.25) is 0 Å². The molecule has 1 heterocycles. The van der Waals surface area contributed by atoms with Gasteiger partial charge in [-0.25, -0.2) is 4.98 Å². The van der Waals surface area contributed by atoms with Crippen molar-refractivity contribution in [3.05, 3.63) is 11.1 Å². The summed E-state index contributed by atoms with van der Waals surface area (Å²) >= 11 is 5.78. The third kappa shape index (κ3) is 2.04. The van der Waals surface area contributed by atoms with Crippen molar-refractivity contribution in [2.75, 3.05) is 5.73 Å². The molecule has 0 bridgehead atoms. The zero-order valence-corrected chi connectivity index (χ0v) is 9.75. The molecular formula is C10H15ClN4. The third-order valence-electron chi connectivity index (χ3n) is 3.21. The van der Waals surface area contributed by atoms with E-state index in [-0.39, 0.29) is 16.6 Å². The van der Waals surface area contributed by atoms with Gasteiger partial charge in [0.2, 0.25) is 11.2 Å². The van der Waals surface area contributed by atoms with Crippen LogP contribution in [0.3, 0.4) is 0 Å². The highest BCUT2D eigenvalue weighted by molar-refractivity contribution is 6.28. The number of anilines is 1. The standard InChI is InChI=1S/C10H15ClN4/c1-10(2)5-3-4-6(10)7-13-8(11)15-9(12)14-7/h6H,3-5H2,1-2H3,(H2,12,13,14,15). The van der Waals surface area contributed by atoms with Gasteiger partial charge in [-0.05, 0) is 29.9 Å². The second-order valence-corrected chi connectivity index (χ2v) is 5.09. The van der Waals surface area contributed by atoms with Crippen LogP contribution < -0.4 is 5.73 Å². The van der Waals surface area contributed by atoms with Gasteiger partial charge in [0.05, 0.1) is 0 Å². The van der Waals surface area contributed by atoms with E-state index in [1.165, 1.54) is 12.8 Å². The van der Waals surface area contributed by atoms with Crippen LogP contribution in [0, 0.1) is 5.41 Å². The van der Waals surface area contributed by atoms with Crippen molar-refractivity contribution in [3.63, 3.8) is 0 Å². The summed E-state index contributed by atoms with van der Waals surface area (Å²) in [6.45, 7) is 4.47. The molecule has 1 unspecified atom stereocenters. The average Bonchev–Trinajstić information content (AvgIpc) is 2.43. The van der Waals surface area contributed by atoms with E-state index in [0.717, 1.165) is 12.2 Å². The highest BCUT2D eigenvalue weighted by Gasteiger charge is 2.37. The number of nitrogens with two attached hydrogens (primary N) is 1. The van der Waals surface area contributed by atoms with Crippen molar-refractivity contribution < 1.29 is 0 Å². The molecule has 1 aromatic heterocycles. The molecule has 1 aliphatic rings. The van der Waals surface area contributed by atoms with Crippen LogP contribution in [0.5, 0.6) is 0 Å². The molecule has 1 atom stereocenters. The Labute approximate surface area is 94.3 Å². The smallest absolute Gasteiger partial charge is 0.227 e. The molecule has 15 heavy (non-hydrogen) atoms. The SMILES string of the molecule is CC1(C)CCCC1c1nc(N)nc(Cl)n1. The minimum Gasteiger partial charge on any atom is -0.368 e. The Balaban J connectivity index is 2.37. The largest absolute Gasteiger partial charge is 0.368 e. The zero-order chi connectivity index (χ0) is 11.1. The Morgan fingerprint density at radius 3 is 2.60 bits per heavy atom. The van der Waals surface area contributed by atoms with Crippen molar-refractivity contribution in [1.82, 2.24) is 15.0 Å². The lowest BCUT2D eigenvalue weighted by atomic mass is 9.81. The van der Waals surface area contributed by atoms with E-state index in [1.807, 2.05) is 0 Å². The van der Waals surface area contributed by atoms with Crippen molar-refractivity contribution in [2.45, 2.75) is 39.0 Å². The van der Waals surface area contributed by atoms with E-state index < -0.39 is 0 Å². The van der Waals surface area contributed by atoms with E-state index in [1.54, 1.807) is 0 Å². The first kappa shape index (κ1) is 10.6. The number of rotatable bonds is 1. The third-order valence-corrected chi connectivity index (χ3v) is 3.38. The summed E-state index contributed by atoms with van der Waals surface area (Å²) in [5.74, 6) is 1.31.